The van der Waals surface area contributed by atoms with Crippen LogP contribution in [0.3, 0.4) is 0 Å². The van der Waals surface area contributed by atoms with Crippen molar-refractivity contribution in [3.63, 3.8) is 0 Å². The summed E-state index contributed by atoms with van der Waals surface area (Å²) in [5.41, 5.74) is 0. The average molecular weight is 307 g/mol. The predicted octanol–water partition coefficient (Wildman–Crippen LogP) is 6.52. The highest BCUT2D eigenvalue weighted by molar-refractivity contribution is 4.92. The second-order valence-corrected chi connectivity index (χ2v) is 7.63. The molecule has 1 nitrogen and oxygen atoms in total. The van der Waals surface area contributed by atoms with Gasteiger partial charge in [-0.2, -0.15) is 0 Å². The van der Waals surface area contributed by atoms with E-state index in [2.05, 4.69) is 26.0 Å². The molecule has 0 aromatic heterocycles. The molecule has 2 rings (SSSR count). The summed E-state index contributed by atoms with van der Waals surface area (Å²) in [6.45, 7) is 5.50. The number of hydrogen-bond acceptors (Lipinski definition) is 1. The van der Waals surface area contributed by atoms with Gasteiger partial charge in [-0.3, -0.25) is 0 Å². The molecular formula is C21H38O. The molecule has 2 aliphatic carbocycles. The van der Waals surface area contributed by atoms with Crippen LogP contribution in [-0.4, -0.2) is 12.7 Å². The fraction of sp³-hybridized carbons (Fsp3) is 0.905. The average Bonchev–Trinajstić information content (AvgIpc) is 2.58. The first-order chi connectivity index (χ1) is 10.8. The third-order valence-electron chi connectivity index (χ3n) is 5.95. The second-order valence-electron chi connectivity index (χ2n) is 7.63. The lowest BCUT2D eigenvalue weighted by atomic mass is 9.70. The van der Waals surface area contributed by atoms with Gasteiger partial charge in [0.2, 0.25) is 0 Å². The lowest BCUT2D eigenvalue weighted by molar-refractivity contribution is 0.00606. The van der Waals surface area contributed by atoms with Gasteiger partial charge in [-0.25, -0.2) is 0 Å². The number of hydrogen-bond donors (Lipinski definition) is 0. The van der Waals surface area contributed by atoms with E-state index in [0.29, 0.717) is 6.10 Å². The van der Waals surface area contributed by atoms with E-state index < -0.39 is 0 Å². The fourth-order valence-electron chi connectivity index (χ4n) is 4.47. The zero-order chi connectivity index (χ0) is 15.6. The molecule has 0 aromatic rings. The highest BCUT2D eigenvalue weighted by Crippen LogP contribution is 2.40. The van der Waals surface area contributed by atoms with Gasteiger partial charge < -0.3 is 4.74 Å². The summed E-state index contributed by atoms with van der Waals surface area (Å²) in [5, 5.41) is 0. The fourth-order valence-corrected chi connectivity index (χ4v) is 4.47. The van der Waals surface area contributed by atoms with E-state index >= 15 is 0 Å². The molecule has 0 heterocycles. The summed E-state index contributed by atoms with van der Waals surface area (Å²) >= 11 is 0. The van der Waals surface area contributed by atoms with Gasteiger partial charge in [0.15, 0.2) is 0 Å². The van der Waals surface area contributed by atoms with Crippen LogP contribution in [-0.2, 0) is 4.74 Å². The predicted molar refractivity (Wildman–Crippen MR) is 96.1 cm³/mol. The van der Waals surface area contributed by atoms with Crippen LogP contribution >= 0.6 is 0 Å². The van der Waals surface area contributed by atoms with Crippen LogP contribution in [0.4, 0.5) is 0 Å². The molecule has 22 heavy (non-hydrogen) atoms. The van der Waals surface area contributed by atoms with E-state index in [-0.39, 0.29) is 0 Å². The molecule has 0 aromatic carbocycles. The van der Waals surface area contributed by atoms with Crippen LogP contribution in [0.25, 0.3) is 0 Å². The Kier molecular flexibility index (Phi) is 8.59. The monoisotopic (exact) mass is 306 g/mol. The number of unbranched alkanes of at least 4 members (excludes halogenated alkanes) is 2. The maximum absolute atomic E-state index is 6.07. The van der Waals surface area contributed by atoms with Crippen molar-refractivity contribution in [2.75, 3.05) is 6.61 Å². The van der Waals surface area contributed by atoms with Gasteiger partial charge in [0.1, 0.15) is 0 Å². The van der Waals surface area contributed by atoms with Gasteiger partial charge in [0.25, 0.3) is 0 Å². The molecule has 0 N–H and O–H groups in total. The largest absolute Gasteiger partial charge is 0.378 e. The molecule has 0 bridgehead atoms. The maximum Gasteiger partial charge on any atom is 0.0575 e. The third kappa shape index (κ3) is 6.07. The lowest BCUT2D eigenvalue weighted by Gasteiger charge is -2.37. The molecule has 0 aliphatic heterocycles. The summed E-state index contributed by atoms with van der Waals surface area (Å²) in [6, 6.07) is 0. The minimum atomic E-state index is 0.580. The highest BCUT2D eigenvalue weighted by Gasteiger charge is 2.30. The Balaban J connectivity index is 1.60. The van der Waals surface area contributed by atoms with E-state index in [4.69, 9.17) is 4.74 Å². The summed E-state index contributed by atoms with van der Waals surface area (Å²) in [4.78, 5) is 0. The summed E-state index contributed by atoms with van der Waals surface area (Å²) in [6.07, 6.45) is 21.8. The minimum absolute atomic E-state index is 0.580. The Hall–Kier alpha value is -0.300. The Morgan fingerprint density at radius 1 is 0.818 bits per heavy atom. The van der Waals surface area contributed by atoms with Crippen LogP contribution < -0.4 is 0 Å². The molecule has 2 saturated carbocycles. The minimum Gasteiger partial charge on any atom is -0.378 e. The standard InChI is InChI=1S/C21H38O/c1-3-5-7-17-22-21-15-13-20(14-16-21)19-11-9-18(10-12-19)8-6-4-2/h6,8,18-21H,3-5,7,9-17H2,1-2H3. The van der Waals surface area contributed by atoms with Crippen LogP contribution in [0.1, 0.15) is 90.9 Å². The Morgan fingerprint density at radius 3 is 2.05 bits per heavy atom. The highest BCUT2D eigenvalue weighted by atomic mass is 16.5. The Labute approximate surface area is 138 Å². The first kappa shape index (κ1) is 18.0. The summed E-state index contributed by atoms with van der Waals surface area (Å²) < 4.78 is 6.07. The summed E-state index contributed by atoms with van der Waals surface area (Å²) in [7, 11) is 0. The van der Waals surface area contributed by atoms with Crippen molar-refractivity contribution in [1.29, 1.82) is 0 Å². The number of allylic oxidation sites excluding steroid dienone is 2. The van der Waals surface area contributed by atoms with Crippen molar-refractivity contribution in [2.24, 2.45) is 17.8 Å². The van der Waals surface area contributed by atoms with Gasteiger partial charge in [-0.15, -0.1) is 0 Å². The molecule has 0 radical (unpaired) electrons. The van der Waals surface area contributed by atoms with Crippen LogP contribution in [0.5, 0.6) is 0 Å². The van der Waals surface area contributed by atoms with Crippen LogP contribution in [0, 0.1) is 17.8 Å². The Morgan fingerprint density at radius 2 is 1.45 bits per heavy atom. The van der Waals surface area contributed by atoms with Crippen molar-refractivity contribution >= 4 is 0 Å². The first-order valence-electron chi connectivity index (χ1n) is 10.1. The third-order valence-corrected chi connectivity index (χ3v) is 5.95. The van der Waals surface area contributed by atoms with Crippen molar-refractivity contribution in [2.45, 2.75) is 97.0 Å². The molecule has 0 spiro atoms. The number of ether oxygens (including phenoxy) is 1. The van der Waals surface area contributed by atoms with Crippen molar-refractivity contribution in [1.82, 2.24) is 0 Å². The van der Waals surface area contributed by atoms with Gasteiger partial charge in [-0.1, -0.05) is 38.8 Å². The van der Waals surface area contributed by atoms with E-state index in [9.17, 15) is 0 Å². The molecular weight excluding hydrogens is 268 g/mol. The van der Waals surface area contributed by atoms with Gasteiger partial charge >= 0.3 is 0 Å². The zero-order valence-corrected chi connectivity index (χ0v) is 15.1. The van der Waals surface area contributed by atoms with Crippen molar-refractivity contribution in [3.8, 4) is 0 Å². The van der Waals surface area contributed by atoms with Crippen molar-refractivity contribution < 1.29 is 4.74 Å². The first-order valence-corrected chi connectivity index (χ1v) is 10.1. The molecule has 0 amide bonds. The molecule has 2 fully saturated rings. The van der Waals surface area contributed by atoms with E-state index in [1.165, 1.54) is 77.0 Å². The van der Waals surface area contributed by atoms with E-state index in [0.717, 1.165) is 24.4 Å². The Bertz CT molecular complexity index is 293. The van der Waals surface area contributed by atoms with Crippen LogP contribution in [0.15, 0.2) is 12.2 Å². The van der Waals surface area contributed by atoms with Gasteiger partial charge in [0.05, 0.1) is 6.10 Å². The quantitative estimate of drug-likeness (QED) is 0.366. The second kappa shape index (κ2) is 10.5. The van der Waals surface area contributed by atoms with Crippen molar-refractivity contribution in [3.05, 3.63) is 12.2 Å². The van der Waals surface area contributed by atoms with E-state index in [1.54, 1.807) is 0 Å². The molecule has 128 valence electrons. The smallest absolute Gasteiger partial charge is 0.0575 e. The van der Waals surface area contributed by atoms with E-state index in [1.807, 2.05) is 0 Å². The molecule has 0 atom stereocenters. The SMILES string of the molecule is CCC=CC1CCC(C2CCC(OCCCCC)CC2)CC1. The molecule has 1 heteroatoms. The summed E-state index contributed by atoms with van der Waals surface area (Å²) in [5.74, 6) is 2.91. The maximum atomic E-state index is 6.07. The van der Waals surface area contributed by atoms with Gasteiger partial charge in [-0.05, 0) is 82.0 Å². The molecule has 2 aliphatic rings. The zero-order valence-electron chi connectivity index (χ0n) is 15.1. The molecule has 0 saturated heterocycles. The topological polar surface area (TPSA) is 9.23 Å². The molecule has 0 unspecified atom stereocenters. The lowest BCUT2D eigenvalue weighted by Crippen LogP contribution is -2.28. The normalized spacial score (nSPS) is 33.4. The van der Waals surface area contributed by atoms with Gasteiger partial charge in [0, 0.05) is 6.61 Å². The number of rotatable bonds is 8. The van der Waals surface area contributed by atoms with Crippen LogP contribution in [0.2, 0.25) is 0 Å².